The quantitative estimate of drug-likeness (QED) is 0.629. The van der Waals surface area contributed by atoms with Crippen LogP contribution in [0.1, 0.15) is 31.2 Å². The van der Waals surface area contributed by atoms with Crippen molar-refractivity contribution in [3.05, 3.63) is 23.8 Å². The number of aryl methyl sites for hydroxylation is 1. The van der Waals surface area contributed by atoms with Crippen molar-refractivity contribution in [2.24, 2.45) is 0 Å². The van der Waals surface area contributed by atoms with Crippen molar-refractivity contribution < 1.29 is 9.90 Å². The number of fused-ring (bicyclic) bond motifs is 1. The fourth-order valence-corrected chi connectivity index (χ4v) is 2.40. The first-order valence-corrected chi connectivity index (χ1v) is 6.52. The van der Waals surface area contributed by atoms with Gasteiger partial charge in [-0.3, -0.25) is 4.79 Å². The van der Waals surface area contributed by atoms with Gasteiger partial charge in [-0.2, -0.15) is 0 Å². The Balaban J connectivity index is 2.23. The highest BCUT2D eigenvalue weighted by Gasteiger charge is 2.21. The van der Waals surface area contributed by atoms with Gasteiger partial charge in [0.05, 0.1) is 0 Å². The molecule has 0 bridgehead atoms. The number of unbranched alkanes of at least 4 members (excludes halogenated alkanes) is 1. The molecule has 0 radical (unpaired) electrons. The minimum Gasteiger partial charge on any atom is -0.399 e. The first-order valence-electron chi connectivity index (χ1n) is 6.52. The maximum Gasteiger partial charge on any atom is 0.226 e. The van der Waals surface area contributed by atoms with Crippen LogP contribution < -0.4 is 10.6 Å². The van der Waals surface area contributed by atoms with Gasteiger partial charge < -0.3 is 15.7 Å². The number of amides is 1. The molecule has 0 aliphatic carbocycles. The van der Waals surface area contributed by atoms with E-state index >= 15 is 0 Å². The molecule has 0 spiro atoms. The number of hydrogen-bond acceptors (Lipinski definition) is 3. The van der Waals surface area contributed by atoms with E-state index in [1.54, 1.807) is 0 Å². The topological polar surface area (TPSA) is 66.6 Å². The molecule has 0 atom stereocenters. The zero-order valence-electron chi connectivity index (χ0n) is 10.6. The van der Waals surface area contributed by atoms with E-state index in [-0.39, 0.29) is 12.5 Å². The summed E-state index contributed by atoms with van der Waals surface area (Å²) in [5.41, 5.74) is 8.69. The zero-order valence-corrected chi connectivity index (χ0v) is 10.6. The van der Waals surface area contributed by atoms with Crippen LogP contribution in [0.4, 0.5) is 11.4 Å². The monoisotopic (exact) mass is 248 g/mol. The first kappa shape index (κ1) is 12.9. The van der Waals surface area contributed by atoms with E-state index in [2.05, 4.69) is 0 Å². The van der Waals surface area contributed by atoms with Crippen LogP contribution >= 0.6 is 0 Å². The second-order valence-corrected chi connectivity index (χ2v) is 4.72. The first-order chi connectivity index (χ1) is 8.72. The molecule has 0 aromatic heterocycles. The molecule has 0 saturated heterocycles. The van der Waals surface area contributed by atoms with Gasteiger partial charge in [0.1, 0.15) is 0 Å². The minimum absolute atomic E-state index is 0.177. The summed E-state index contributed by atoms with van der Waals surface area (Å²) in [6.07, 6.45) is 3.93. The molecular weight excluding hydrogens is 228 g/mol. The summed E-state index contributed by atoms with van der Waals surface area (Å²) < 4.78 is 0. The van der Waals surface area contributed by atoms with E-state index in [1.165, 1.54) is 0 Å². The normalized spacial score (nSPS) is 15.4. The number of aliphatic hydroxyl groups is 1. The van der Waals surface area contributed by atoms with Crippen LogP contribution in [0.5, 0.6) is 0 Å². The SMILES string of the molecule is Nc1ccc2c(c1)CCCC(=O)N2CCCCO. The molecule has 1 aromatic rings. The lowest BCUT2D eigenvalue weighted by atomic mass is 10.1. The number of carbonyl (C=O) groups is 1. The van der Waals surface area contributed by atoms with Crippen LogP contribution in [0, 0.1) is 0 Å². The van der Waals surface area contributed by atoms with Crippen LogP contribution in [-0.2, 0) is 11.2 Å². The molecule has 1 aliphatic heterocycles. The van der Waals surface area contributed by atoms with Crippen LogP contribution in [0.15, 0.2) is 18.2 Å². The molecule has 1 heterocycles. The molecule has 1 aromatic carbocycles. The highest BCUT2D eigenvalue weighted by Crippen LogP contribution is 2.28. The molecule has 0 saturated carbocycles. The molecular formula is C14H20N2O2. The Morgan fingerprint density at radius 1 is 1.28 bits per heavy atom. The maximum absolute atomic E-state index is 12.1. The molecule has 3 N–H and O–H groups in total. The Hall–Kier alpha value is -1.55. The third-order valence-corrected chi connectivity index (χ3v) is 3.32. The fraction of sp³-hybridized carbons (Fsp3) is 0.500. The van der Waals surface area contributed by atoms with Crippen molar-refractivity contribution >= 4 is 17.3 Å². The third-order valence-electron chi connectivity index (χ3n) is 3.32. The number of carbonyl (C=O) groups excluding carboxylic acids is 1. The van der Waals surface area contributed by atoms with Crippen molar-refractivity contribution in [2.45, 2.75) is 32.1 Å². The summed E-state index contributed by atoms with van der Waals surface area (Å²) in [5.74, 6) is 0.177. The van der Waals surface area contributed by atoms with Gasteiger partial charge >= 0.3 is 0 Å². The standard InChI is InChI=1S/C14H20N2O2/c15-12-6-7-13-11(10-12)4-3-5-14(18)16(13)8-1-2-9-17/h6-7,10,17H,1-5,8-9,15H2. The zero-order chi connectivity index (χ0) is 13.0. The maximum atomic E-state index is 12.1. The average molecular weight is 248 g/mol. The molecule has 0 unspecified atom stereocenters. The van der Waals surface area contributed by atoms with Gasteiger partial charge in [-0.15, -0.1) is 0 Å². The van der Waals surface area contributed by atoms with Crippen LogP contribution in [0.2, 0.25) is 0 Å². The van der Waals surface area contributed by atoms with Gasteiger partial charge in [0, 0.05) is 30.9 Å². The molecule has 2 rings (SSSR count). The third kappa shape index (κ3) is 2.82. The molecule has 4 nitrogen and oxygen atoms in total. The summed E-state index contributed by atoms with van der Waals surface area (Å²) in [7, 11) is 0. The van der Waals surface area contributed by atoms with Gasteiger partial charge in [-0.25, -0.2) is 0 Å². The van der Waals surface area contributed by atoms with Gasteiger partial charge in [0.2, 0.25) is 5.91 Å². The van der Waals surface area contributed by atoms with E-state index in [4.69, 9.17) is 10.8 Å². The number of benzene rings is 1. The summed E-state index contributed by atoms with van der Waals surface area (Å²) in [6.45, 7) is 0.854. The molecule has 98 valence electrons. The van der Waals surface area contributed by atoms with Crippen molar-refractivity contribution in [1.29, 1.82) is 0 Å². The van der Waals surface area contributed by atoms with Gasteiger partial charge in [-0.1, -0.05) is 0 Å². The number of aliphatic hydroxyl groups excluding tert-OH is 1. The van der Waals surface area contributed by atoms with Gasteiger partial charge in [-0.05, 0) is 49.4 Å². The smallest absolute Gasteiger partial charge is 0.226 e. The van der Waals surface area contributed by atoms with Crippen LogP contribution in [-0.4, -0.2) is 24.2 Å². The molecule has 0 fully saturated rings. The number of nitrogens with zero attached hydrogens (tertiary/aromatic N) is 1. The van der Waals surface area contributed by atoms with Crippen molar-refractivity contribution in [2.75, 3.05) is 23.8 Å². The lowest BCUT2D eigenvalue weighted by Gasteiger charge is -2.23. The Morgan fingerprint density at radius 3 is 2.89 bits per heavy atom. The molecule has 1 aliphatic rings. The van der Waals surface area contributed by atoms with E-state index < -0.39 is 0 Å². The Labute approximate surface area is 107 Å². The molecule has 18 heavy (non-hydrogen) atoms. The minimum atomic E-state index is 0.177. The van der Waals surface area contributed by atoms with Gasteiger partial charge in [0.25, 0.3) is 0 Å². The molecule has 1 amide bonds. The summed E-state index contributed by atoms with van der Waals surface area (Å²) in [4.78, 5) is 13.9. The Morgan fingerprint density at radius 2 is 2.11 bits per heavy atom. The van der Waals surface area contributed by atoms with E-state index in [1.807, 2.05) is 23.1 Å². The highest BCUT2D eigenvalue weighted by molar-refractivity contribution is 5.95. The highest BCUT2D eigenvalue weighted by atomic mass is 16.3. The Bertz CT molecular complexity index is 432. The molecule has 4 heteroatoms. The summed E-state index contributed by atoms with van der Waals surface area (Å²) in [6, 6.07) is 5.75. The number of hydrogen-bond donors (Lipinski definition) is 2. The van der Waals surface area contributed by atoms with Crippen molar-refractivity contribution in [3.63, 3.8) is 0 Å². The summed E-state index contributed by atoms with van der Waals surface area (Å²) in [5, 5.41) is 8.83. The van der Waals surface area contributed by atoms with Crippen molar-refractivity contribution in [3.8, 4) is 0 Å². The largest absolute Gasteiger partial charge is 0.399 e. The van der Waals surface area contributed by atoms with Crippen LogP contribution in [0.25, 0.3) is 0 Å². The van der Waals surface area contributed by atoms with Gasteiger partial charge in [0.15, 0.2) is 0 Å². The van der Waals surface area contributed by atoms with E-state index in [9.17, 15) is 4.79 Å². The Kier molecular flexibility index (Phi) is 4.20. The van der Waals surface area contributed by atoms with Crippen molar-refractivity contribution in [1.82, 2.24) is 0 Å². The number of rotatable bonds is 4. The van der Waals surface area contributed by atoms with E-state index in [0.717, 1.165) is 42.6 Å². The second kappa shape index (κ2) is 5.87. The predicted molar refractivity (Wildman–Crippen MR) is 72.5 cm³/mol. The number of nitrogen functional groups attached to an aromatic ring is 1. The number of anilines is 2. The second-order valence-electron chi connectivity index (χ2n) is 4.72. The lowest BCUT2D eigenvalue weighted by molar-refractivity contribution is -0.118. The predicted octanol–water partition coefficient (Wildman–Crippen LogP) is 1.71. The average Bonchev–Trinajstić information content (AvgIpc) is 2.49. The lowest BCUT2D eigenvalue weighted by Crippen LogP contribution is -2.31. The van der Waals surface area contributed by atoms with E-state index in [0.29, 0.717) is 13.0 Å². The number of nitrogens with two attached hydrogens (primary N) is 1. The van der Waals surface area contributed by atoms with Crippen LogP contribution in [0.3, 0.4) is 0 Å². The summed E-state index contributed by atoms with van der Waals surface area (Å²) >= 11 is 0. The fourth-order valence-electron chi connectivity index (χ4n) is 2.40.